The second-order valence-corrected chi connectivity index (χ2v) is 6.74. The summed E-state index contributed by atoms with van der Waals surface area (Å²) in [6.45, 7) is 1.74. The minimum absolute atomic E-state index is 0.184. The first-order valence-corrected chi connectivity index (χ1v) is 9.09. The summed E-state index contributed by atoms with van der Waals surface area (Å²) in [6, 6.07) is 10.6. The maximum Gasteiger partial charge on any atom is 0.416 e. The molecule has 29 heavy (non-hydrogen) atoms. The van der Waals surface area contributed by atoms with Crippen LogP contribution in [-0.2, 0) is 6.18 Å². The van der Waals surface area contributed by atoms with Crippen molar-refractivity contribution in [2.24, 2.45) is 0 Å². The van der Waals surface area contributed by atoms with Gasteiger partial charge in [-0.25, -0.2) is 0 Å². The predicted molar refractivity (Wildman–Crippen MR) is 101 cm³/mol. The van der Waals surface area contributed by atoms with Crippen molar-refractivity contribution in [2.45, 2.75) is 6.18 Å². The molecule has 4 rings (SSSR count). The van der Waals surface area contributed by atoms with E-state index in [0.29, 0.717) is 43.3 Å². The van der Waals surface area contributed by atoms with Crippen LogP contribution in [0, 0.1) is 0 Å². The highest BCUT2D eigenvalue weighted by molar-refractivity contribution is 5.93. The summed E-state index contributed by atoms with van der Waals surface area (Å²) >= 11 is 0. The van der Waals surface area contributed by atoms with Crippen molar-refractivity contribution in [3.8, 4) is 11.3 Å². The second-order valence-electron chi connectivity index (χ2n) is 6.74. The lowest BCUT2D eigenvalue weighted by Crippen LogP contribution is -2.49. The van der Waals surface area contributed by atoms with Crippen LogP contribution in [0.4, 0.5) is 18.9 Å². The van der Waals surface area contributed by atoms with Crippen molar-refractivity contribution in [1.29, 1.82) is 0 Å². The van der Waals surface area contributed by atoms with Crippen molar-refractivity contribution in [3.05, 3.63) is 66.1 Å². The molecule has 3 heterocycles. The summed E-state index contributed by atoms with van der Waals surface area (Å²) in [5.74, 6) is -0.184. The van der Waals surface area contributed by atoms with E-state index in [-0.39, 0.29) is 5.91 Å². The molecule has 6 nitrogen and oxygen atoms in total. The van der Waals surface area contributed by atoms with Gasteiger partial charge in [-0.15, -0.1) is 0 Å². The number of nitrogens with zero attached hydrogens (tertiary/aromatic N) is 4. The van der Waals surface area contributed by atoms with Gasteiger partial charge < -0.3 is 9.80 Å². The van der Waals surface area contributed by atoms with Crippen molar-refractivity contribution in [2.75, 3.05) is 31.1 Å². The molecule has 0 unspecified atom stereocenters. The fourth-order valence-corrected chi connectivity index (χ4v) is 3.31. The molecule has 1 saturated heterocycles. The van der Waals surface area contributed by atoms with E-state index < -0.39 is 11.7 Å². The van der Waals surface area contributed by atoms with Crippen LogP contribution in [0.2, 0.25) is 0 Å². The molecule has 0 spiro atoms. The van der Waals surface area contributed by atoms with Gasteiger partial charge in [0.25, 0.3) is 5.91 Å². The molecular weight excluding hydrogens is 383 g/mol. The number of amides is 1. The lowest BCUT2D eigenvalue weighted by atomic mass is 10.1. The van der Waals surface area contributed by atoms with E-state index in [2.05, 4.69) is 15.2 Å². The van der Waals surface area contributed by atoms with Crippen molar-refractivity contribution in [3.63, 3.8) is 0 Å². The summed E-state index contributed by atoms with van der Waals surface area (Å²) in [7, 11) is 0. The number of carbonyl (C=O) groups excluding carboxylic acids is 1. The average Bonchev–Trinajstić information content (AvgIpc) is 3.24. The molecule has 1 aliphatic heterocycles. The first-order valence-electron chi connectivity index (χ1n) is 9.09. The van der Waals surface area contributed by atoms with Crippen LogP contribution in [0.15, 0.2) is 54.9 Å². The summed E-state index contributed by atoms with van der Waals surface area (Å²) in [5, 5.41) is 6.93. The second kappa shape index (κ2) is 7.57. The van der Waals surface area contributed by atoms with Crippen molar-refractivity contribution in [1.82, 2.24) is 20.1 Å². The fourth-order valence-electron chi connectivity index (χ4n) is 3.31. The van der Waals surface area contributed by atoms with Gasteiger partial charge in [-0.05, 0) is 36.4 Å². The topological polar surface area (TPSA) is 65.1 Å². The van der Waals surface area contributed by atoms with Gasteiger partial charge in [0.05, 0.1) is 11.3 Å². The van der Waals surface area contributed by atoms with Gasteiger partial charge in [0.15, 0.2) is 0 Å². The van der Waals surface area contributed by atoms with E-state index in [1.54, 1.807) is 35.5 Å². The maximum atomic E-state index is 12.9. The number of pyridine rings is 1. The molecule has 1 aliphatic rings. The van der Waals surface area contributed by atoms with E-state index in [0.717, 1.165) is 17.7 Å². The number of hydrogen-bond donors (Lipinski definition) is 1. The molecule has 0 atom stereocenters. The molecule has 0 saturated carbocycles. The highest BCUT2D eigenvalue weighted by atomic mass is 19.4. The molecular formula is C20H18F3N5O. The number of carbonyl (C=O) groups is 1. The molecule has 1 amide bonds. The number of H-pyrrole nitrogens is 1. The number of aromatic amines is 1. The van der Waals surface area contributed by atoms with Gasteiger partial charge in [-0.2, -0.15) is 18.3 Å². The number of hydrogen-bond acceptors (Lipinski definition) is 4. The SMILES string of the molecule is O=C(c1cc(-c2cccnc2)n[nH]1)N1CCN(c2cccc(C(F)(F)F)c2)CC1. The van der Waals surface area contributed by atoms with Gasteiger partial charge in [0.2, 0.25) is 0 Å². The normalized spacial score (nSPS) is 14.9. The molecule has 0 radical (unpaired) electrons. The zero-order chi connectivity index (χ0) is 20.4. The number of rotatable bonds is 3. The first kappa shape index (κ1) is 19.0. The lowest BCUT2D eigenvalue weighted by Gasteiger charge is -2.36. The van der Waals surface area contributed by atoms with Crippen molar-refractivity contribution < 1.29 is 18.0 Å². The zero-order valence-corrected chi connectivity index (χ0v) is 15.4. The molecule has 3 aromatic rings. The summed E-state index contributed by atoms with van der Waals surface area (Å²) < 4.78 is 38.8. The van der Waals surface area contributed by atoms with E-state index in [4.69, 9.17) is 0 Å². The van der Waals surface area contributed by atoms with Crippen LogP contribution >= 0.6 is 0 Å². The number of benzene rings is 1. The highest BCUT2D eigenvalue weighted by Crippen LogP contribution is 2.32. The molecule has 1 aromatic carbocycles. The van der Waals surface area contributed by atoms with E-state index in [1.807, 2.05) is 11.0 Å². The highest BCUT2D eigenvalue weighted by Gasteiger charge is 2.31. The number of piperazine rings is 1. The van der Waals surface area contributed by atoms with E-state index >= 15 is 0 Å². The van der Waals surface area contributed by atoms with Crippen molar-refractivity contribution >= 4 is 11.6 Å². The van der Waals surface area contributed by atoms with E-state index in [1.165, 1.54) is 6.07 Å². The molecule has 0 aliphatic carbocycles. The minimum Gasteiger partial charge on any atom is -0.368 e. The van der Waals surface area contributed by atoms with E-state index in [9.17, 15) is 18.0 Å². The Bertz CT molecular complexity index is 995. The molecule has 9 heteroatoms. The van der Waals surface area contributed by atoms with Crippen LogP contribution in [0.1, 0.15) is 16.1 Å². The third kappa shape index (κ3) is 4.08. The molecule has 150 valence electrons. The van der Waals surface area contributed by atoms with Crippen LogP contribution in [0.5, 0.6) is 0 Å². The first-order chi connectivity index (χ1) is 13.9. The molecule has 2 aromatic heterocycles. The number of halogens is 3. The summed E-state index contributed by atoms with van der Waals surface area (Å²) in [4.78, 5) is 20.3. The van der Waals surface area contributed by atoms with Crippen LogP contribution < -0.4 is 4.90 Å². The van der Waals surface area contributed by atoms with Crippen LogP contribution in [0.25, 0.3) is 11.3 Å². The fraction of sp³-hybridized carbons (Fsp3) is 0.250. The number of anilines is 1. The standard InChI is InChI=1S/C20H18F3N5O/c21-20(22,23)15-4-1-5-16(11-15)27-7-9-28(10-8-27)19(29)18-12-17(25-26-18)14-3-2-6-24-13-14/h1-6,11-13H,7-10H2,(H,25,26). The van der Waals surface area contributed by atoms with Gasteiger partial charge in [0.1, 0.15) is 5.69 Å². The average molecular weight is 401 g/mol. The Morgan fingerprint density at radius 2 is 1.83 bits per heavy atom. The number of aromatic nitrogens is 3. The molecule has 1 fully saturated rings. The summed E-state index contributed by atoms with van der Waals surface area (Å²) in [5.41, 5.74) is 1.64. The van der Waals surface area contributed by atoms with Gasteiger partial charge >= 0.3 is 6.18 Å². The third-order valence-electron chi connectivity index (χ3n) is 4.87. The zero-order valence-electron chi connectivity index (χ0n) is 15.4. The maximum absolute atomic E-state index is 12.9. The smallest absolute Gasteiger partial charge is 0.368 e. The summed E-state index contributed by atoms with van der Waals surface area (Å²) in [6.07, 6.45) is -1.05. The lowest BCUT2D eigenvalue weighted by molar-refractivity contribution is -0.137. The molecule has 1 N–H and O–H groups in total. The van der Waals surface area contributed by atoms with Gasteiger partial charge in [-0.1, -0.05) is 6.07 Å². The van der Waals surface area contributed by atoms with Gasteiger partial charge in [-0.3, -0.25) is 14.9 Å². The Balaban J connectivity index is 1.41. The Morgan fingerprint density at radius 3 is 2.52 bits per heavy atom. The minimum atomic E-state index is -4.37. The Kier molecular flexibility index (Phi) is 4.96. The largest absolute Gasteiger partial charge is 0.416 e. The molecule has 0 bridgehead atoms. The Morgan fingerprint density at radius 1 is 1.03 bits per heavy atom. The van der Waals surface area contributed by atoms with Crippen LogP contribution in [-0.4, -0.2) is 52.2 Å². The Hall–Kier alpha value is -3.36. The number of alkyl halides is 3. The predicted octanol–water partition coefficient (Wildman–Crippen LogP) is 3.45. The monoisotopic (exact) mass is 401 g/mol. The van der Waals surface area contributed by atoms with Gasteiger partial charge in [0, 0.05) is 49.8 Å². The third-order valence-corrected chi connectivity index (χ3v) is 4.87. The quantitative estimate of drug-likeness (QED) is 0.730. The Labute approximate surface area is 165 Å². The van der Waals surface area contributed by atoms with Crippen LogP contribution in [0.3, 0.4) is 0 Å². The number of nitrogens with one attached hydrogen (secondary N) is 1.